The summed E-state index contributed by atoms with van der Waals surface area (Å²) in [5.41, 5.74) is 1.25. The zero-order chi connectivity index (χ0) is 16.2. The molecule has 0 spiro atoms. The minimum absolute atomic E-state index is 0.381. The van der Waals surface area contributed by atoms with Crippen LogP contribution in [0.15, 0.2) is 10.5 Å². The number of likely N-dealkylation sites (tertiary alicyclic amines) is 2. The highest BCUT2D eigenvalue weighted by atomic mass is 16.3. The standard InChI is InChI=1S/C19H30N2O2/c1-15-13-18(23-16(15)2)14-20-11-7-17(8-12-20)5-6-19(22)21-9-3-4-10-21/h13,17H,3-12,14H2,1-2H3. The second kappa shape index (κ2) is 7.52. The van der Waals surface area contributed by atoms with Crippen LogP contribution >= 0.6 is 0 Å². The summed E-state index contributed by atoms with van der Waals surface area (Å²) in [7, 11) is 0. The molecule has 0 atom stereocenters. The van der Waals surface area contributed by atoms with Gasteiger partial charge in [0.05, 0.1) is 6.54 Å². The molecule has 1 aromatic rings. The van der Waals surface area contributed by atoms with E-state index < -0.39 is 0 Å². The van der Waals surface area contributed by atoms with Crippen LogP contribution in [0.4, 0.5) is 0 Å². The molecular formula is C19H30N2O2. The fraction of sp³-hybridized carbons (Fsp3) is 0.737. The minimum atomic E-state index is 0.381. The first-order valence-corrected chi connectivity index (χ1v) is 9.18. The molecule has 2 fully saturated rings. The number of carbonyl (C=O) groups is 1. The molecule has 4 nitrogen and oxygen atoms in total. The lowest BCUT2D eigenvalue weighted by molar-refractivity contribution is -0.130. The molecule has 1 amide bonds. The molecule has 0 aromatic carbocycles. The molecule has 0 radical (unpaired) electrons. The van der Waals surface area contributed by atoms with Gasteiger partial charge in [-0.3, -0.25) is 9.69 Å². The summed E-state index contributed by atoms with van der Waals surface area (Å²) in [4.78, 5) is 16.7. The molecule has 2 aliphatic rings. The van der Waals surface area contributed by atoms with Crippen molar-refractivity contribution in [2.24, 2.45) is 5.92 Å². The summed E-state index contributed by atoms with van der Waals surface area (Å²) in [6.07, 6.45) is 6.63. The van der Waals surface area contributed by atoms with E-state index in [0.29, 0.717) is 5.91 Å². The largest absolute Gasteiger partial charge is 0.465 e. The van der Waals surface area contributed by atoms with Gasteiger partial charge in [0.1, 0.15) is 11.5 Å². The highest BCUT2D eigenvalue weighted by Gasteiger charge is 2.23. The van der Waals surface area contributed by atoms with Crippen molar-refractivity contribution in [2.45, 2.75) is 58.9 Å². The summed E-state index contributed by atoms with van der Waals surface area (Å²) in [5, 5.41) is 0. The van der Waals surface area contributed by atoms with Gasteiger partial charge >= 0.3 is 0 Å². The minimum Gasteiger partial charge on any atom is -0.465 e. The number of piperidine rings is 1. The molecule has 128 valence electrons. The van der Waals surface area contributed by atoms with Crippen LogP contribution in [-0.2, 0) is 11.3 Å². The number of furan rings is 1. The first-order valence-electron chi connectivity index (χ1n) is 9.18. The molecule has 0 aliphatic carbocycles. The van der Waals surface area contributed by atoms with Gasteiger partial charge in [0.2, 0.25) is 5.91 Å². The Hall–Kier alpha value is -1.29. The molecule has 0 N–H and O–H groups in total. The molecule has 4 heteroatoms. The number of rotatable bonds is 5. The quantitative estimate of drug-likeness (QED) is 0.833. The van der Waals surface area contributed by atoms with Crippen LogP contribution in [0.3, 0.4) is 0 Å². The van der Waals surface area contributed by atoms with Gasteiger partial charge in [0, 0.05) is 19.5 Å². The maximum atomic E-state index is 12.1. The second-order valence-electron chi connectivity index (χ2n) is 7.30. The van der Waals surface area contributed by atoms with Crippen LogP contribution in [0.5, 0.6) is 0 Å². The summed E-state index contributed by atoms with van der Waals surface area (Å²) in [6.45, 7) is 9.28. The van der Waals surface area contributed by atoms with Crippen molar-refractivity contribution in [1.29, 1.82) is 0 Å². The molecule has 3 rings (SSSR count). The van der Waals surface area contributed by atoms with Crippen LogP contribution in [0.2, 0.25) is 0 Å². The number of nitrogens with zero attached hydrogens (tertiary/aromatic N) is 2. The fourth-order valence-corrected chi connectivity index (χ4v) is 3.83. The Morgan fingerprint density at radius 2 is 1.87 bits per heavy atom. The van der Waals surface area contributed by atoms with Crippen LogP contribution in [0.1, 0.15) is 55.6 Å². The van der Waals surface area contributed by atoms with E-state index >= 15 is 0 Å². The van der Waals surface area contributed by atoms with Gasteiger partial charge in [-0.15, -0.1) is 0 Å². The van der Waals surface area contributed by atoms with E-state index in [9.17, 15) is 4.79 Å². The highest BCUT2D eigenvalue weighted by molar-refractivity contribution is 5.76. The maximum absolute atomic E-state index is 12.1. The lowest BCUT2D eigenvalue weighted by atomic mass is 9.92. The van der Waals surface area contributed by atoms with Gasteiger partial charge in [-0.1, -0.05) is 0 Å². The monoisotopic (exact) mass is 318 g/mol. The molecule has 1 aromatic heterocycles. The van der Waals surface area contributed by atoms with Gasteiger partial charge in [0.25, 0.3) is 0 Å². The van der Waals surface area contributed by atoms with E-state index in [4.69, 9.17) is 4.42 Å². The lowest BCUT2D eigenvalue weighted by Gasteiger charge is -2.31. The first-order chi connectivity index (χ1) is 11.1. The Bertz CT molecular complexity index is 504. The summed E-state index contributed by atoms with van der Waals surface area (Å²) in [5.74, 6) is 3.22. The summed E-state index contributed by atoms with van der Waals surface area (Å²) < 4.78 is 5.79. The Morgan fingerprint density at radius 3 is 2.48 bits per heavy atom. The predicted molar refractivity (Wildman–Crippen MR) is 91.2 cm³/mol. The molecule has 0 unspecified atom stereocenters. The van der Waals surface area contributed by atoms with Crippen molar-refractivity contribution in [3.63, 3.8) is 0 Å². The topological polar surface area (TPSA) is 36.7 Å². The van der Waals surface area contributed by atoms with Crippen LogP contribution in [0, 0.1) is 19.8 Å². The lowest BCUT2D eigenvalue weighted by Crippen LogP contribution is -2.34. The van der Waals surface area contributed by atoms with Crippen molar-refractivity contribution < 1.29 is 9.21 Å². The third kappa shape index (κ3) is 4.37. The molecule has 3 heterocycles. The van der Waals surface area contributed by atoms with Gasteiger partial charge in [-0.2, -0.15) is 0 Å². The SMILES string of the molecule is Cc1cc(CN2CCC(CCC(=O)N3CCCC3)CC2)oc1C. The third-order valence-corrected chi connectivity index (χ3v) is 5.53. The van der Waals surface area contributed by atoms with Gasteiger partial charge in [-0.25, -0.2) is 0 Å². The van der Waals surface area contributed by atoms with Crippen molar-refractivity contribution in [3.8, 4) is 0 Å². The summed E-state index contributed by atoms with van der Waals surface area (Å²) >= 11 is 0. The van der Waals surface area contributed by atoms with E-state index in [-0.39, 0.29) is 0 Å². The second-order valence-corrected chi connectivity index (χ2v) is 7.30. The molecule has 2 aliphatic heterocycles. The average molecular weight is 318 g/mol. The molecule has 0 bridgehead atoms. The molecule has 23 heavy (non-hydrogen) atoms. The Balaban J connectivity index is 1.37. The number of hydrogen-bond donors (Lipinski definition) is 0. The van der Waals surface area contributed by atoms with E-state index in [1.54, 1.807) is 0 Å². The van der Waals surface area contributed by atoms with Crippen LogP contribution in [-0.4, -0.2) is 41.9 Å². The number of aryl methyl sites for hydroxylation is 2. The molecular weight excluding hydrogens is 288 g/mol. The van der Waals surface area contributed by atoms with Gasteiger partial charge in [0.15, 0.2) is 0 Å². The fourth-order valence-electron chi connectivity index (χ4n) is 3.83. The van der Waals surface area contributed by atoms with Crippen LogP contribution < -0.4 is 0 Å². The highest BCUT2D eigenvalue weighted by Crippen LogP contribution is 2.25. The Labute approximate surface area is 139 Å². The third-order valence-electron chi connectivity index (χ3n) is 5.53. The van der Waals surface area contributed by atoms with E-state index in [0.717, 1.165) is 63.0 Å². The smallest absolute Gasteiger partial charge is 0.222 e. The zero-order valence-corrected chi connectivity index (χ0v) is 14.6. The zero-order valence-electron chi connectivity index (χ0n) is 14.6. The average Bonchev–Trinajstić information content (AvgIpc) is 3.17. The van der Waals surface area contributed by atoms with E-state index in [1.807, 2.05) is 6.92 Å². The van der Waals surface area contributed by atoms with Crippen molar-refractivity contribution >= 4 is 5.91 Å². The Morgan fingerprint density at radius 1 is 1.17 bits per heavy atom. The number of carbonyl (C=O) groups excluding carboxylic acids is 1. The van der Waals surface area contributed by atoms with E-state index in [2.05, 4.69) is 22.8 Å². The predicted octanol–water partition coefficient (Wildman–Crippen LogP) is 3.51. The molecule has 2 saturated heterocycles. The Kier molecular flexibility index (Phi) is 5.42. The van der Waals surface area contributed by atoms with Crippen molar-refractivity contribution in [1.82, 2.24) is 9.80 Å². The maximum Gasteiger partial charge on any atom is 0.222 e. The van der Waals surface area contributed by atoms with Crippen molar-refractivity contribution in [3.05, 3.63) is 23.2 Å². The van der Waals surface area contributed by atoms with E-state index in [1.165, 1.54) is 31.2 Å². The first kappa shape index (κ1) is 16.6. The van der Waals surface area contributed by atoms with Crippen molar-refractivity contribution in [2.75, 3.05) is 26.2 Å². The number of hydrogen-bond acceptors (Lipinski definition) is 3. The molecule has 0 saturated carbocycles. The van der Waals surface area contributed by atoms with Crippen LogP contribution in [0.25, 0.3) is 0 Å². The van der Waals surface area contributed by atoms with Gasteiger partial charge in [-0.05, 0) is 76.6 Å². The number of amides is 1. The van der Waals surface area contributed by atoms with Gasteiger partial charge < -0.3 is 9.32 Å². The summed E-state index contributed by atoms with van der Waals surface area (Å²) in [6, 6.07) is 2.16. The normalized spacial score (nSPS) is 20.3.